The van der Waals surface area contributed by atoms with Crippen molar-refractivity contribution < 1.29 is 29.0 Å². The predicted octanol–water partition coefficient (Wildman–Crippen LogP) is 4.24. The minimum atomic E-state index is -1.41. The Labute approximate surface area is 302 Å². The Morgan fingerprint density at radius 1 is 0.647 bits per heavy atom. The molecule has 0 aliphatic rings. The van der Waals surface area contributed by atoms with Crippen LogP contribution in [0.15, 0.2) is 91.0 Å². The first-order valence-electron chi connectivity index (χ1n) is 17.8. The van der Waals surface area contributed by atoms with Crippen LogP contribution in [0, 0.1) is 11.8 Å². The van der Waals surface area contributed by atoms with Gasteiger partial charge in [-0.1, -0.05) is 132 Å². The smallest absolute Gasteiger partial charge is 0.408 e. The molecule has 0 heterocycles. The zero-order valence-electron chi connectivity index (χ0n) is 30.4. The second kappa shape index (κ2) is 21.5. The highest BCUT2D eigenvalue weighted by molar-refractivity contribution is 5.90. The number of hydrogen-bond acceptors (Lipinski definition) is 7. The molecule has 0 aromatic heterocycles. The van der Waals surface area contributed by atoms with Gasteiger partial charge < -0.3 is 36.4 Å². The van der Waals surface area contributed by atoms with E-state index in [0.29, 0.717) is 13.1 Å². The Kier molecular flexibility index (Phi) is 17.1. The van der Waals surface area contributed by atoms with Crippen molar-refractivity contribution in [3.8, 4) is 0 Å². The van der Waals surface area contributed by atoms with Gasteiger partial charge in [0.1, 0.15) is 24.7 Å². The number of alkyl carbamates (subject to hydrolysis) is 1. The van der Waals surface area contributed by atoms with Gasteiger partial charge in [-0.3, -0.25) is 14.4 Å². The summed E-state index contributed by atoms with van der Waals surface area (Å²) in [5.41, 5.74) is 2.55. The normalized spacial score (nSPS) is 14.1. The molecule has 5 atom stereocenters. The summed E-state index contributed by atoms with van der Waals surface area (Å²) in [5.74, 6) is -2.02. The van der Waals surface area contributed by atoms with Crippen LogP contribution in [0.4, 0.5) is 4.79 Å². The van der Waals surface area contributed by atoms with Crippen molar-refractivity contribution in [2.24, 2.45) is 11.8 Å². The summed E-state index contributed by atoms with van der Waals surface area (Å²) in [6, 6.07) is 24.0. The molecule has 4 amide bonds. The molecule has 51 heavy (non-hydrogen) atoms. The van der Waals surface area contributed by atoms with Crippen LogP contribution in [-0.4, -0.2) is 65.7 Å². The Morgan fingerprint density at radius 3 is 1.71 bits per heavy atom. The first kappa shape index (κ1) is 40.7. The number of carbonyl (C=O) groups is 4. The fourth-order valence-corrected chi connectivity index (χ4v) is 5.53. The van der Waals surface area contributed by atoms with E-state index in [0.717, 1.165) is 29.5 Å². The fourth-order valence-electron chi connectivity index (χ4n) is 5.53. The van der Waals surface area contributed by atoms with Gasteiger partial charge in [0, 0.05) is 6.54 Å². The van der Waals surface area contributed by atoms with E-state index in [1.807, 2.05) is 112 Å². The summed E-state index contributed by atoms with van der Waals surface area (Å²) in [6.45, 7) is 10.0. The van der Waals surface area contributed by atoms with Gasteiger partial charge in [-0.15, -0.1) is 0 Å². The van der Waals surface area contributed by atoms with E-state index in [9.17, 15) is 24.3 Å². The molecule has 0 unspecified atom stereocenters. The largest absolute Gasteiger partial charge is 0.445 e. The van der Waals surface area contributed by atoms with Crippen molar-refractivity contribution in [1.29, 1.82) is 0 Å². The number of benzene rings is 3. The second-order valence-electron chi connectivity index (χ2n) is 13.4. The number of hydrogen-bond donors (Lipinski definition) is 6. The zero-order chi connectivity index (χ0) is 37.2. The van der Waals surface area contributed by atoms with Gasteiger partial charge >= 0.3 is 6.09 Å². The average Bonchev–Trinajstić information content (AvgIpc) is 3.13. The van der Waals surface area contributed by atoms with Gasteiger partial charge in [0.25, 0.3) is 0 Å². The van der Waals surface area contributed by atoms with Crippen LogP contribution in [-0.2, 0) is 38.7 Å². The summed E-state index contributed by atoms with van der Waals surface area (Å²) < 4.78 is 5.37. The summed E-state index contributed by atoms with van der Waals surface area (Å²) in [7, 11) is 0. The van der Waals surface area contributed by atoms with Crippen molar-refractivity contribution in [3.63, 3.8) is 0 Å². The zero-order valence-corrected chi connectivity index (χ0v) is 30.4. The summed E-state index contributed by atoms with van der Waals surface area (Å²) in [6.07, 6.45) is -0.385. The van der Waals surface area contributed by atoms with E-state index in [1.54, 1.807) is 13.8 Å². The van der Waals surface area contributed by atoms with Crippen LogP contribution < -0.4 is 26.6 Å². The van der Waals surface area contributed by atoms with Gasteiger partial charge in [0.2, 0.25) is 17.7 Å². The molecule has 0 aliphatic heterocycles. The molecule has 0 bridgehead atoms. The molecular weight excluding hydrogens is 646 g/mol. The monoisotopic (exact) mass is 701 g/mol. The van der Waals surface area contributed by atoms with Gasteiger partial charge in [-0.25, -0.2) is 4.79 Å². The quantitative estimate of drug-likeness (QED) is 0.0963. The number of ether oxygens (including phenoxy) is 1. The lowest BCUT2D eigenvalue weighted by molar-refractivity contribution is -0.134. The highest BCUT2D eigenvalue weighted by atomic mass is 16.5. The maximum atomic E-state index is 14.0. The maximum Gasteiger partial charge on any atom is 0.408 e. The molecule has 11 heteroatoms. The van der Waals surface area contributed by atoms with Crippen LogP contribution in [0.2, 0.25) is 0 Å². The molecule has 0 saturated heterocycles. The van der Waals surface area contributed by atoms with E-state index in [2.05, 4.69) is 26.6 Å². The lowest BCUT2D eigenvalue weighted by atomic mass is 9.93. The van der Waals surface area contributed by atoms with E-state index in [-0.39, 0.29) is 30.8 Å². The average molecular weight is 702 g/mol. The summed E-state index contributed by atoms with van der Waals surface area (Å²) >= 11 is 0. The molecule has 0 aliphatic carbocycles. The van der Waals surface area contributed by atoms with Crippen molar-refractivity contribution in [3.05, 3.63) is 108 Å². The number of unbranched alkanes of at least 4 members (excludes halogenated alkanes) is 1. The molecule has 6 N–H and O–H groups in total. The number of rotatable bonds is 20. The van der Waals surface area contributed by atoms with E-state index < -0.39 is 48.2 Å². The minimum Gasteiger partial charge on any atom is -0.445 e. The van der Waals surface area contributed by atoms with Crippen LogP contribution in [0.3, 0.4) is 0 Å². The Balaban J connectivity index is 1.81. The highest BCUT2D eigenvalue weighted by Crippen LogP contribution is 2.14. The molecule has 0 spiro atoms. The number of aliphatic hydroxyl groups excluding tert-OH is 1. The molecular formula is C40H55N5O6. The van der Waals surface area contributed by atoms with Crippen LogP contribution in [0.25, 0.3) is 0 Å². The van der Waals surface area contributed by atoms with Crippen LogP contribution >= 0.6 is 0 Å². The number of carbonyl (C=O) groups excluding carboxylic acids is 4. The third-order valence-electron chi connectivity index (χ3n) is 8.55. The highest BCUT2D eigenvalue weighted by Gasteiger charge is 2.37. The van der Waals surface area contributed by atoms with Crippen LogP contribution in [0.1, 0.15) is 64.2 Å². The molecule has 0 radical (unpaired) electrons. The van der Waals surface area contributed by atoms with Crippen LogP contribution in [0.5, 0.6) is 0 Å². The van der Waals surface area contributed by atoms with E-state index >= 15 is 0 Å². The maximum absolute atomic E-state index is 14.0. The van der Waals surface area contributed by atoms with Crippen molar-refractivity contribution in [2.45, 2.75) is 97.3 Å². The van der Waals surface area contributed by atoms with Crippen molar-refractivity contribution in [2.75, 3.05) is 6.54 Å². The van der Waals surface area contributed by atoms with Gasteiger partial charge in [0.15, 0.2) is 0 Å². The summed E-state index contributed by atoms with van der Waals surface area (Å²) in [4.78, 5) is 53.9. The lowest BCUT2D eigenvalue weighted by Gasteiger charge is -2.33. The Hall–Kier alpha value is -4.74. The van der Waals surface area contributed by atoms with Crippen molar-refractivity contribution >= 4 is 23.8 Å². The van der Waals surface area contributed by atoms with E-state index in [1.165, 1.54) is 0 Å². The molecule has 11 nitrogen and oxygen atoms in total. The minimum absolute atomic E-state index is 0.0380. The molecule has 0 saturated carbocycles. The number of aliphatic hydroxyl groups is 1. The third-order valence-corrected chi connectivity index (χ3v) is 8.55. The molecule has 0 fully saturated rings. The Morgan fingerprint density at radius 2 is 1.16 bits per heavy atom. The fraction of sp³-hybridized carbons (Fsp3) is 0.450. The van der Waals surface area contributed by atoms with Gasteiger partial charge in [-0.05, 0) is 47.9 Å². The van der Waals surface area contributed by atoms with Gasteiger partial charge in [0.05, 0.1) is 12.1 Å². The first-order chi connectivity index (χ1) is 24.5. The lowest BCUT2D eigenvalue weighted by Crippen LogP contribution is -2.63. The molecule has 3 aromatic rings. The molecule has 3 aromatic carbocycles. The summed E-state index contributed by atoms with van der Waals surface area (Å²) in [5, 5.41) is 26.5. The Bertz CT molecular complexity index is 1490. The SMILES string of the molecule is CCCCN[C@@H](C(=O)N[C@H](C(=O)NCc1ccccc1)C(C)C)[C@H](O)[C@H](Cc1ccccc1)NC(=O)[C@@H](NC(=O)OCc1ccccc1)C(C)C. The first-order valence-corrected chi connectivity index (χ1v) is 17.8. The predicted molar refractivity (Wildman–Crippen MR) is 198 cm³/mol. The third kappa shape index (κ3) is 13.8. The van der Waals surface area contributed by atoms with Crippen molar-refractivity contribution in [1.82, 2.24) is 26.6 Å². The standard InChI is InChI=1S/C40H55N5O6/c1-6-7-23-41-35(39(49)44-33(27(2)3)37(47)42-25-30-19-13-9-14-20-30)36(46)32(24-29-17-11-8-12-18-29)43-38(48)34(28(4)5)45-40(50)51-26-31-21-15-10-16-22-31/h8-22,27-28,32-36,41,46H,6-7,23-26H2,1-5H3,(H,42,47)(H,43,48)(H,44,49)(H,45,50)/t32-,33-,34-,35+,36+/m0/s1. The molecule has 276 valence electrons. The van der Waals surface area contributed by atoms with Gasteiger partial charge in [-0.2, -0.15) is 0 Å². The second-order valence-corrected chi connectivity index (χ2v) is 13.4. The number of nitrogens with one attached hydrogen (secondary N) is 5. The molecule has 3 rings (SSSR count). The number of amides is 4. The van der Waals surface area contributed by atoms with E-state index in [4.69, 9.17) is 4.74 Å². The topological polar surface area (TPSA) is 158 Å².